The van der Waals surface area contributed by atoms with Crippen molar-refractivity contribution in [1.82, 2.24) is 14.7 Å². The van der Waals surface area contributed by atoms with Crippen molar-refractivity contribution in [2.75, 3.05) is 13.1 Å². The summed E-state index contributed by atoms with van der Waals surface area (Å²) < 4.78 is 1.80. The van der Waals surface area contributed by atoms with E-state index in [4.69, 9.17) is 0 Å². The van der Waals surface area contributed by atoms with Gasteiger partial charge in [-0.3, -0.25) is 9.58 Å². The fourth-order valence-electron chi connectivity index (χ4n) is 2.94. The first kappa shape index (κ1) is 13.6. The molecule has 0 aliphatic heterocycles. The first-order valence-corrected chi connectivity index (χ1v) is 7.19. The molecule has 102 valence electrons. The van der Waals surface area contributed by atoms with Gasteiger partial charge in [-0.2, -0.15) is 5.10 Å². The highest BCUT2D eigenvalue weighted by molar-refractivity contribution is 4.80. The minimum absolute atomic E-state index is 0.327. The molecule has 4 nitrogen and oxygen atoms in total. The SMILES string of the molecule is CCN(C[C@H](O)Cn1cccn1)C1CCCCC1. The van der Waals surface area contributed by atoms with Crippen molar-refractivity contribution in [3.63, 3.8) is 0 Å². The lowest BCUT2D eigenvalue weighted by Gasteiger charge is -2.34. The molecule has 1 heterocycles. The number of hydrogen-bond acceptors (Lipinski definition) is 3. The summed E-state index contributed by atoms with van der Waals surface area (Å²) in [5, 5.41) is 14.3. The van der Waals surface area contributed by atoms with Gasteiger partial charge in [0.2, 0.25) is 0 Å². The van der Waals surface area contributed by atoms with Gasteiger partial charge in [0.05, 0.1) is 12.6 Å². The first-order chi connectivity index (χ1) is 8.79. The lowest BCUT2D eigenvalue weighted by Crippen LogP contribution is -2.42. The van der Waals surface area contributed by atoms with Crippen LogP contribution in [0.3, 0.4) is 0 Å². The van der Waals surface area contributed by atoms with Gasteiger partial charge in [0.25, 0.3) is 0 Å². The van der Waals surface area contributed by atoms with Crippen LogP contribution in [0.25, 0.3) is 0 Å². The Morgan fingerprint density at radius 3 is 2.78 bits per heavy atom. The van der Waals surface area contributed by atoms with Gasteiger partial charge in [-0.25, -0.2) is 0 Å². The van der Waals surface area contributed by atoms with Crippen LogP contribution in [-0.2, 0) is 6.54 Å². The molecule has 0 spiro atoms. The van der Waals surface area contributed by atoms with E-state index in [1.165, 1.54) is 32.1 Å². The lowest BCUT2D eigenvalue weighted by molar-refractivity contribution is 0.0648. The molecule has 1 aromatic rings. The summed E-state index contributed by atoms with van der Waals surface area (Å²) in [4.78, 5) is 2.44. The van der Waals surface area contributed by atoms with Crippen LogP contribution >= 0.6 is 0 Å². The van der Waals surface area contributed by atoms with E-state index < -0.39 is 0 Å². The molecule has 18 heavy (non-hydrogen) atoms. The molecule has 1 aliphatic rings. The second kappa shape index (κ2) is 6.90. The topological polar surface area (TPSA) is 41.3 Å². The number of aliphatic hydroxyl groups excluding tert-OH is 1. The van der Waals surface area contributed by atoms with Crippen molar-refractivity contribution in [3.8, 4) is 0 Å². The molecule has 1 N–H and O–H groups in total. The van der Waals surface area contributed by atoms with Crippen LogP contribution in [0.4, 0.5) is 0 Å². The molecule has 0 bridgehead atoms. The summed E-state index contributed by atoms with van der Waals surface area (Å²) in [5.41, 5.74) is 0. The first-order valence-electron chi connectivity index (χ1n) is 7.19. The minimum atomic E-state index is -0.327. The Morgan fingerprint density at radius 1 is 1.39 bits per heavy atom. The highest BCUT2D eigenvalue weighted by atomic mass is 16.3. The zero-order valence-corrected chi connectivity index (χ0v) is 11.3. The molecule has 0 unspecified atom stereocenters. The molecule has 4 heteroatoms. The smallest absolute Gasteiger partial charge is 0.0862 e. The predicted octanol–water partition coefficient (Wildman–Crippen LogP) is 1.90. The summed E-state index contributed by atoms with van der Waals surface area (Å²) in [7, 11) is 0. The van der Waals surface area contributed by atoms with Gasteiger partial charge in [0.1, 0.15) is 0 Å². The van der Waals surface area contributed by atoms with Gasteiger partial charge in [-0.05, 0) is 25.5 Å². The highest BCUT2D eigenvalue weighted by Crippen LogP contribution is 2.22. The summed E-state index contributed by atoms with van der Waals surface area (Å²) in [6.45, 7) is 4.58. The van der Waals surface area contributed by atoms with Crippen LogP contribution in [0.5, 0.6) is 0 Å². The van der Waals surface area contributed by atoms with Crippen molar-refractivity contribution < 1.29 is 5.11 Å². The fourth-order valence-corrected chi connectivity index (χ4v) is 2.94. The van der Waals surface area contributed by atoms with Crippen molar-refractivity contribution in [3.05, 3.63) is 18.5 Å². The normalized spacial score (nSPS) is 19.3. The Bertz CT molecular complexity index is 320. The van der Waals surface area contributed by atoms with E-state index in [1.54, 1.807) is 10.9 Å². The Balaban J connectivity index is 1.81. The second-order valence-electron chi connectivity index (χ2n) is 5.26. The van der Waals surface area contributed by atoms with Crippen molar-refractivity contribution in [2.24, 2.45) is 0 Å². The number of aliphatic hydroxyl groups is 1. The van der Waals surface area contributed by atoms with Crippen molar-refractivity contribution in [1.29, 1.82) is 0 Å². The molecule has 0 radical (unpaired) electrons. The van der Waals surface area contributed by atoms with E-state index in [2.05, 4.69) is 16.9 Å². The Kier molecular flexibility index (Phi) is 5.20. The number of rotatable bonds is 6. The Morgan fingerprint density at radius 2 is 2.17 bits per heavy atom. The predicted molar refractivity (Wildman–Crippen MR) is 72.4 cm³/mol. The molecular formula is C14H25N3O. The van der Waals surface area contributed by atoms with Crippen LogP contribution in [0.15, 0.2) is 18.5 Å². The maximum Gasteiger partial charge on any atom is 0.0862 e. The molecule has 1 fully saturated rings. The fraction of sp³-hybridized carbons (Fsp3) is 0.786. The zero-order chi connectivity index (χ0) is 12.8. The van der Waals surface area contributed by atoms with E-state index in [9.17, 15) is 5.11 Å². The van der Waals surface area contributed by atoms with E-state index in [0.29, 0.717) is 12.6 Å². The quantitative estimate of drug-likeness (QED) is 0.839. The van der Waals surface area contributed by atoms with Gasteiger partial charge in [-0.1, -0.05) is 26.2 Å². The number of likely N-dealkylation sites (N-methyl/N-ethyl adjacent to an activating group) is 1. The summed E-state index contributed by atoms with van der Waals surface area (Å²) in [5.74, 6) is 0. The van der Waals surface area contributed by atoms with Crippen LogP contribution < -0.4 is 0 Å². The van der Waals surface area contributed by atoms with Crippen LogP contribution in [0.1, 0.15) is 39.0 Å². The van der Waals surface area contributed by atoms with E-state index in [0.717, 1.165) is 13.1 Å². The molecule has 0 saturated heterocycles. The third-order valence-corrected chi connectivity index (χ3v) is 3.90. The summed E-state index contributed by atoms with van der Waals surface area (Å²) in [6, 6.07) is 2.57. The second-order valence-corrected chi connectivity index (χ2v) is 5.26. The third kappa shape index (κ3) is 3.82. The van der Waals surface area contributed by atoms with Gasteiger partial charge < -0.3 is 5.11 Å². The van der Waals surface area contributed by atoms with Crippen molar-refractivity contribution >= 4 is 0 Å². The Labute approximate surface area is 110 Å². The molecule has 1 atom stereocenters. The molecule has 0 aromatic carbocycles. The monoisotopic (exact) mass is 251 g/mol. The highest BCUT2D eigenvalue weighted by Gasteiger charge is 2.21. The zero-order valence-electron chi connectivity index (χ0n) is 11.3. The van der Waals surface area contributed by atoms with Gasteiger partial charge in [0, 0.05) is 25.0 Å². The third-order valence-electron chi connectivity index (χ3n) is 3.90. The molecule has 0 amide bonds. The average molecular weight is 251 g/mol. The van der Waals surface area contributed by atoms with Crippen LogP contribution in [0, 0.1) is 0 Å². The van der Waals surface area contributed by atoms with Gasteiger partial charge in [0.15, 0.2) is 0 Å². The maximum absolute atomic E-state index is 10.2. The largest absolute Gasteiger partial charge is 0.390 e. The average Bonchev–Trinajstić information content (AvgIpc) is 2.90. The molecule has 1 aromatic heterocycles. The molecule has 2 rings (SSSR count). The maximum atomic E-state index is 10.2. The van der Waals surface area contributed by atoms with Crippen LogP contribution in [0.2, 0.25) is 0 Å². The molecule has 1 aliphatic carbocycles. The van der Waals surface area contributed by atoms with E-state index in [1.807, 2.05) is 12.3 Å². The van der Waals surface area contributed by atoms with Crippen molar-refractivity contribution in [2.45, 2.75) is 57.7 Å². The molecular weight excluding hydrogens is 226 g/mol. The minimum Gasteiger partial charge on any atom is -0.390 e. The van der Waals surface area contributed by atoms with Gasteiger partial charge >= 0.3 is 0 Å². The number of hydrogen-bond donors (Lipinski definition) is 1. The number of aromatic nitrogens is 2. The molecule has 1 saturated carbocycles. The summed E-state index contributed by atoms with van der Waals surface area (Å²) in [6.07, 6.45) is 9.99. The van der Waals surface area contributed by atoms with E-state index >= 15 is 0 Å². The van der Waals surface area contributed by atoms with Gasteiger partial charge in [-0.15, -0.1) is 0 Å². The Hall–Kier alpha value is -0.870. The summed E-state index contributed by atoms with van der Waals surface area (Å²) >= 11 is 0. The standard InChI is InChI=1S/C14H25N3O/c1-2-16(13-7-4-3-5-8-13)11-14(18)12-17-10-6-9-15-17/h6,9-10,13-14,18H,2-5,7-8,11-12H2,1H3/t14-/m0/s1. The number of nitrogens with zero attached hydrogens (tertiary/aromatic N) is 3. The lowest BCUT2D eigenvalue weighted by atomic mass is 9.94. The van der Waals surface area contributed by atoms with Crippen LogP contribution in [-0.4, -0.2) is 45.0 Å². The van der Waals surface area contributed by atoms with E-state index in [-0.39, 0.29) is 6.10 Å².